The molecule has 1 aromatic carbocycles. The molecule has 4 rings (SSSR count). The highest BCUT2D eigenvalue weighted by molar-refractivity contribution is 7.89. The van der Waals surface area contributed by atoms with E-state index in [0.717, 1.165) is 19.3 Å². The van der Waals surface area contributed by atoms with Crippen LogP contribution in [0.25, 0.3) is 0 Å². The topological polar surface area (TPSA) is 99.9 Å². The number of sulfonamides is 1. The molecule has 2 amide bonds. The van der Waals surface area contributed by atoms with Gasteiger partial charge in [0, 0.05) is 31.7 Å². The number of carbonyl (C=O) groups is 2. The summed E-state index contributed by atoms with van der Waals surface area (Å²) in [6.07, 6.45) is 4.43. The second-order valence-electron chi connectivity index (χ2n) is 7.74. The molecule has 0 radical (unpaired) electrons. The molecule has 1 N–H and O–H groups in total. The Morgan fingerprint density at radius 1 is 1.13 bits per heavy atom. The fourth-order valence-electron chi connectivity index (χ4n) is 3.92. The maximum atomic E-state index is 12.9. The van der Waals surface area contributed by atoms with Gasteiger partial charge in [0.15, 0.2) is 0 Å². The Morgan fingerprint density at radius 3 is 2.67 bits per heavy atom. The van der Waals surface area contributed by atoms with E-state index in [2.05, 4.69) is 5.32 Å². The summed E-state index contributed by atoms with van der Waals surface area (Å²) in [4.78, 5) is 26.7. The van der Waals surface area contributed by atoms with Gasteiger partial charge in [0.2, 0.25) is 21.8 Å². The van der Waals surface area contributed by atoms with Crippen molar-refractivity contribution in [3.05, 3.63) is 48.4 Å². The maximum absolute atomic E-state index is 12.9. The highest BCUT2D eigenvalue weighted by Gasteiger charge is 2.35. The molecule has 0 bridgehead atoms. The van der Waals surface area contributed by atoms with E-state index in [4.69, 9.17) is 4.42 Å². The first-order valence-electron chi connectivity index (χ1n) is 10.1. The predicted molar refractivity (Wildman–Crippen MR) is 110 cm³/mol. The average molecular weight is 432 g/mol. The number of hydrogen-bond donors (Lipinski definition) is 1. The highest BCUT2D eigenvalue weighted by Crippen LogP contribution is 2.25. The monoisotopic (exact) mass is 431 g/mol. The van der Waals surface area contributed by atoms with Crippen LogP contribution >= 0.6 is 0 Å². The van der Waals surface area contributed by atoms with Gasteiger partial charge in [0.1, 0.15) is 5.76 Å². The SMILES string of the molecule is O=C(Nc1cccc(S(=O)(=O)N2CCCCC2)c1)[C@H]1CC(=O)N(Cc2ccco2)C1. The van der Waals surface area contributed by atoms with E-state index >= 15 is 0 Å². The Morgan fingerprint density at radius 2 is 1.93 bits per heavy atom. The smallest absolute Gasteiger partial charge is 0.243 e. The van der Waals surface area contributed by atoms with Gasteiger partial charge in [-0.15, -0.1) is 0 Å². The average Bonchev–Trinajstić information content (AvgIpc) is 3.39. The van der Waals surface area contributed by atoms with Crippen LogP contribution in [0.2, 0.25) is 0 Å². The number of nitrogens with one attached hydrogen (secondary N) is 1. The second-order valence-corrected chi connectivity index (χ2v) is 9.67. The normalized spacial score (nSPS) is 20.5. The lowest BCUT2D eigenvalue weighted by Crippen LogP contribution is -2.35. The zero-order chi connectivity index (χ0) is 21.1. The third-order valence-corrected chi connectivity index (χ3v) is 7.46. The van der Waals surface area contributed by atoms with Crippen LogP contribution in [0.15, 0.2) is 52.0 Å². The third-order valence-electron chi connectivity index (χ3n) is 5.57. The molecule has 0 saturated carbocycles. The molecule has 2 aromatic rings. The lowest BCUT2D eigenvalue weighted by atomic mass is 10.1. The van der Waals surface area contributed by atoms with Crippen LogP contribution in [-0.4, -0.2) is 49.1 Å². The summed E-state index contributed by atoms with van der Waals surface area (Å²) in [5.41, 5.74) is 0.412. The van der Waals surface area contributed by atoms with Gasteiger partial charge in [-0.25, -0.2) is 8.42 Å². The first kappa shape index (κ1) is 20.6. The molecule has 30 heavy (non-hydrogen) atoms. The quantitative estimate of drug-likeness (QED) is 0.757. The first-order valence-corrected chi connectivity index (χ1v) is 11.6. The fourth-order valence-corrected chi connectivity index (χ4v) is 5.49. The predicted octanol–water partition coefficient (Wildman–Crippen LogP) is 2.44. The number of rotatable bonds is 6. The molecule has 2 saturated heterocycles. The Labute approximate surface area is 175 Å². The molecule has 0 spiro atoms. The molecule has 9 heteroatoms. The number of anilines is 1. The van der Waals surface area contributed by atoms with Crippen LogP contribution < -0.4 is 5.32 Å². The van der Waals surface area contributed by atoms with Crippen LogP contribution in [-0.2, 0) is 26.2 Å². The Hall–Kier alpha value is -2.65. The van der Waals surface area contributed by atoms with Gasteiger partial charge in [0.25, 0.3) is 0 Å². The minimum Gasteiger partial charge on any atom is -0.467 e. The van der Waals surface area contributed by atoms with Crippen molar-refractivity contribution >= 4 is 27.5 Å². The summed E-state index contributed by atoms with van der Waals surface area (Å²) in [5.74, 6) is -0.222. The highest BCUT2D eigenvalue weighted by atomic mass is 32.2. The molecule has 2 fully saturated rings. The number of nitrogens with zero attached hydrogens (tertiary/aromatic N) is 2. The molecule has 1 atom stereocenters. The zero-order valence-electron chi connectivity index (χ0n) is 16.6. The van der Waals surface area contributed by atoms with E-state index in [1.165, 1.54) is 10.4 Å². The Bertz CT molecular complexity index is 1010. The molecule has 2 aliphatic rings. The largest absolute Gasteiger partial charge is 0.467 e. The number of hydrogen-bond acceptors (Lipinski definition) is 5. The van der Waals surface area contributed by atoms with Gasteiger partial charge in [-0.05, 0) is 43.2 Å². The molecule has 2 aliphatic heterocycles. The van der Waals surface area contributed by atoms with Crippen molar-refractivity contribution in [3.63, 3.8) is 0 Å². The lowest BCUT2D eigenvalue weighted by molar-refractivity contribution is -0.128. The van der Waals surface area contributed by atoms with Crippen LogP contribution in [0.1, 0.15) is 31.4 Å². The van der Waals surface area contributed by atoms with E-state index in [9.17, 15) is 18.0 Å². The van der Waals surface area contributed by atoms with E-state index < -0.39 is 15.9 Å². The third kappa shape index (κ3) is 4.41. The van der Waals surface area contributed by atoms with Gasteiger partial charge in [-0.1, -0.05) is 12.5 Å². The van der Waals surface area contributed by atoms with Crippen molar-refractivity contribution in [2.75, 3.05) is 25.0 Å². The summed E-state index contributed by atoms with van der Waals surface area (Å²) in [6, 6.07) is 9.85. The molecule has 0 aliphatic carbocycles. The van der Waals surface area contributed by atoms with E-state index in [-0.39, 0.29) is 23.1 Å². The second kappa shape index (κ2) is 8.61. The minimum absolute atomic E-state index is 0.104. The van der Waals surface area contributed by atoms with Crippen molar-refractivity contribution in [1.82, 2.24) is 9.21 Å². The zero-order valence-corrected chi connectivity index (χ0v) is 17.4. The van der Waals surface area contributed by atoms with Gasteiger partial charge in [-0.2, -0.15) is 4.31 Å². The van der Waals surface area contributed by atoms with Crippen LogP contribution in [0.5, 0.6) is 0 Å². The Balaban J connectivity index is 1.41. The maximum Gasteiger partial charge on any atom is 0.243 e. The summed E-state index contributed by atoms with van der Waals surface area (Å²) < 4.78 is 32.5. The van der Waals surface area contributed by atoms with E-state index in [1.54, 1.807) is 41.5 Å². The summed E-state index contributed by atoms with van der Waals surface area (Å²) in [7, 11) is -3.58. The van der Waals surface area contributed by atoms with Gasteiger partial charge in [-0.3, -0.25) is 9.59 Å². The lowest BCUT2D eigenvalue weighted by Gasteiger charge is -2.26. The van der Waals surface area contributed by atoms with Crippen molar-refractivity contribution in [1.29, 1.82) is 0 Å². The Kier molecular flexibility index (Phi) is 5.92. The molecule has 1 aromatic heterocycles. The van der Waals surface area contributed by atoms with E-state index in [0.29, 0.717) is 37.6 Å². The number of benzene rings is 1. The number of piperidine rings is 1. The van der Waals surface area contributed by atoms with Gasteiger partial charge in [0.05, 0.1) is 23.6 Å². The van der Waals surface area contributed by atoms with Crippen molar-refractivity contribution in [2.45, 2.75) is 37.1 Å². The first-order chi connectivity index (χ1) is 14.4. The van der Waals surface area contributed by atoms with Crippen LogP contribution in [0.3, 0.4) is 0 Å². The molecule has 3 heterocycles. The number of likely N-dealkylation sites (tertiary alicyclic amines) is 1. The summed E-state index contributed by atoms with van der Waals surface area (Å²) >= 11 is 0. The molecular formula is C21H25N3O5S. The molecule has 8 nitrogen and oxygen atoms in total. The fraction of sp³-hybridized carbons (Fsp3) is 0.429. The number of carbonyl (C=O) groups excluding carboxylic acids is 2. The van der Waals surface area contributed by atoms with Gasteiger partial charge < -0.3 is 14.6 Å². The summed E-state index contributed by atoms with van der Waals surface area (Å²) in [6.45, 7) is 1.68. The standard InChI is InChI=1S/C21H25N3O5S/c25-20-12-16(14-23(20)15-18-7-5-11-29-18)21(26)22-17-6-4-8-19(13-17)30(27,28)24-9-2-1-3-10-24/h4-8,11,13,16H,1-3,9-10,12,14-15H2,(H,22,26)/t16-/m0/s1. The number of furan rings is 1. The van der Waals surface area contributed by atoms with Crippen molar-refractivity contribution < 1.29 is 22.4 Å². The summed E-state index contributed by atoms with van der Waals surface area (Å²) in [5, 5.41) is 2.78. The minimum atomic E-state index is -3.58. The van der Waals surface area contributed by atoms with Crippen LogP contribution in [0, 0.1) is 5.92 Å². The van der Waals surface area contributed by atoms with Crippen LogP contribution in [0.4, 0.5) is 5.69 Å². The van der Waals surface area contributed by atoms with Crippen molar-refractivity contribution in [2.24, 2.45) is 5.92 Å². The van der Waals surface area contributed by atoms with Gasteiger partial charge >= 0.3 is 0 Å². The molecule has 160 valence electrons. The molecule has 0 unspecified atom stereocenters. The van der Waals surface area contributed by atoms with E-state index in [1.807, 2.05) is 0 Å². The molecular weight excluding hydrogens is 406 g/mol. The van der Waals surface area contributed by atoms with Crippen molar-refractivity contribution in [3.8, 4) is 0 Å². The number of amides is 2.